The molecule has 0 spiro atoms. The zero-order chi connectivity index (χ0) is 13.9. The van der Waals surface area contributed by atoms with Crippen molar-refractivity contribution in [2.24, 2.45) is 0 Å². The second kappa shape index (κ2) is 5.93. The van der Waals surface area contributed by atoms with Crippen LogP contribution in [0.5, 0.6) is 0 Å². The zero-order valence-electron chi connectivity index (χ0n) is 10.3. The Balaban J connectivity index is 2.61. The van der Waals surface area contributed by atoms with Crippen LogP contribution in [0.3, 0.4) is 0 Å². The maximum atomic E-state index is 12.0. The van der Waals surface area contributed by atoms with Crippen LogP contribution in [0, 0.1) is 0 Å². The van der Waals surface area contributed by atoms with E-state index in [1.807, 2.05) is 0 Å². The highest BCUT2D eigenvalue weighted by atomic mass is 32.2. The van der Waals surface area contributed by atoms with Crippen molar-refractivity contribution in [2.75, 3.05) is 33.8 Å². The topological polar surface area (TPSA) is 107 Å². The molecule has 1 aliphatic rings. The van der Waals surface area contributed by atoms with E-state index in [9.17, 15) is 23.4 Å². The monoisotopic (exact) mass is 282 g/mol. The Bertz CT molecular complexity index is 388. The number of ether oxygens (including phenoxy) is 1. The van der Waals surface area contributed by atoms with Crippen LogP contribution in [-0.2, 0) is 19.7 Å². The lowest BCUT2D eigenvalue weighted by Gasteiger charge is -2.23. The predicted octanol–water partition coefficient (Wildman–Crippen LogP) is -2.24. The van der Waals surface area contributed by atoms with E-state index in [1.54, 1.807) is 0 Å². The van der Waals surface area contributed by atoms with Crippen LogP contribution in [0.15, 0.2) is 0 Å². The molecule has 0 aromatic heterocycles. The lowest BCUT2D eigenvalue weighted by molar-refractivity contribution is -0.140. The van der Waals surface area contributed by atoms with Crippen molar-refractivity contribution in [3.8, 4) is 0 Å². The smallest absolute Gasteiger partial charge is 0.306 e. The summed E-state index contributed by atoms with van der Waals surface area (Å²) in [4.78, 5) is 10.9. The molecule has 1 aliphatic heterocycles. The highest BCUT2D eigenvalue weighted by Crippen LogP contribution is 2.16. The van der Waals surface area contributed by atoms with Gasteiger partial charge in [-0.05, 0) is 0 Å². The number of nitrogens with zero attached hydrogens (tertiary/aromatic N) is 2. The van der Waals surface area contributed by atoms with Gasteiger partial charge in [-0.2, -0.15) is 17.0 Å². The third-order valence-corrected chi connectivity index (χ3v) is 4.73. The molecule has 0 aliphatic carbocycles. The first-order valence-corrected chi connectivity index (χ1v) is 6.83. The van der Waals surface area contributed by atoms with Crippen LogP contribution in [0.25, 0.3) is 0 Å². The van der Waals surface area contributed by atoms with Gasteiger partial charge >= 0.3 is 5.97 Å². The summed E-state index contributed by atoms with van der Waals surface area (Å²) < 4.78 is 30.4. The van der Waals surface area contributed by atoms with Crippen LogP contribution in [0.2, 0.25) is 0 Å². The molecule has 1 saturated heterocycles. The van der Waals surface area contributed by atoms with Gasteiger partial charge in [-0.15, -0.1) is 0 Å². The van der Waals surface area contributed by atoms with Crippen molar-refractivity contribution in [1.82, 2.24) is 8.61 Å². The molecule has 1 rings (SSSR count). The SMILES string of the molecule is COC(=O)CCN(C)S(=O)(=O)N1C[C@@H](O)[C@@H](O)C1. The first-order chi connectivity index (χ1) is 8.28. The number of aliphatic hydroxyl groups excluding tert-OH is 2. The molecular weight excluding hydrogens is 264 g/mol. The molecule has 106 valence electrons. The summed E-state index contributed by atoms with van der Waals surface area (Å²) in [5.41, 5.74) is 0. The number of carbonyl (C=O) groups is 1. The van der Waals surface area contributed by atoms with Crippen LogP contribution in [-0.4, -0.2) is 79.2 Å². The van der Waals surface area contributed by atoms with E-state index in [0.29, 0.717) is 0 Å². The Morgan fingerprint density at radius 3 is 2.33 bits per heavy atom. The van der Waals surface area contributed by atoms with E-state index in [1.165, 1.54) is 14.2 Å². The van der Waals surface area contributed by atoms with Crippen molar-refractivity contribution in [3.63, 3.8) is 0 Å². The number of methoxy groups -OCH3 is 1. The molecule has 0 aromatic rings. The molecule has 0 saturated carbocycles. The fraction of sp³-hybridized carbons (Fsp3) is 0.889. The lowest BCUT2D eigenvalue weighted by atomic mass is 10.3. The van der Waals surface area contributed by atoms with E-state index < -0.39 is 28.4 Å². The van der Waals surface area contributed by atoms with Gasteiger partial charge in [0.05, 0.1) is 25.7 Å². The number of aliphatic hydroxyl groups is 2. The second-order valence-electron chi connectivity index (χ2n) is 4.11. The first-order valence-electron chi connectivity index (χ1n) is 5.43. The summed E-state index contributed by atoms with van der Waals surface area (Å²) in [6.07, 6.45) is -2.20. The van der Waals surface area contributed by atoms with Gasteiger partial charge in [0.25, 0.3) is 10.2 Å². The summed E-state index contributed by atoms with van der Waals surface area (Å²) >= 11 is 0. The van der Waals surface area contributed by atoms with Gasteiger partial charge < -0.3 is 14.9 Å². The van der Waals surface area contributed by atoms with Gasteiger partial charge in [-0.3, -0.25) is 4.79 Å². The van der Waals surface area contributed by atoms with Crippen LogP contribution >= 0.6 is 0 Å². The minimum atomic E-state index is -3.77. The van der Waals surface area contributed by atoms with E-state index in [2.05, 4.69) is 4.74 Å². The number of β-amino-alcohol motifs (C(OH)–C–C–N with tert-alkyl or cyclic N) is 2. The van der Waals surface area contributed by atoms with Crippen molar-refractivity contribution in [3.05, 3.63) is 0 Å². The standard InChI is InChI=1S/C9H18N2O6S/c1-10(4-3-9(14)17-2)18(15,16)11-5-7(12)8(13)6-11/h7-8,12-13H,3-6H2,1-2H3/t7-,8+. The van der Waals surface area contributed by atoms with Gasteiger partial charge in [0, 0.05) is 26.7 Å². The molecule has 0 radical (unpaired) electrons. The second-order valence-corrected chi connectivity index (χ2v) is 6.14. The van der Waals surface area contributed by atoms with Crippen molar-refractivity contribution >= 4 is 16.2 Å². The van der Waals surface area contributed by atoms with Crippen LogP contribution < -0.4 is 0 Å². The highest BCUT2D eigenvalue weighted by Gasteiger charge is 2.38. The van der Waals surface area contributed by atoms with E-state index >= 15 is 0 Å². The van der Waals surface area contributed by atoms with Gasteiger partial charge in [0.1, 0.15) is 0 Å². The number of esters is 1. The quantitative estimate of drug-likeness (QED) is 0.552. The van der Waals surface area contributed by atoms with Crippen LogP contribution in [0.1, 0.15) is 6.42 Å². The third-order valence-electron chi connectivity index (χ3n) is 2.80. The Kier molecular flexibility index (Phi) is 5.05. The minimum absolute atomic E-state index is 0.0162. The molecule has 1 heterocycles. The molecule has 2 N–H and O–H groups in total. The fourth-order valence-electron chi connectivity index (χ4n) is 1.59. The molecule has 8 nitrogen and oxygen atoms in total. The molecule has 18 heavy (non-hydrogen) atoms. The molecule has 2 atom stereocenters. The molecule has 1 fully saturated rings. The van der Waals surface area contributed by atoms with Gasteiger partial charge in [0.2, 0.25) is 0 Å². The van der Waals surface area contributed by atoms with E-state index in [-0.39, 0.29) is 26.1 Å². The predicted molar refractivity (Wildman–Crippen MR) is 61.8 cm³/mol. The zero-order valence-corrected chi connectivity index (χ0v) is 11.1. The summed E-state index contributed by atoms with van der Waals surface area (Å²) in [5, 5.41) is 18.6. The molecule has 0 amide bonds. The maximum absolute atomic E-state index is 12.0. The van der Waals surface area contributed by atoms with Gasteiger partial charge in [-0.25, -0.2) is 0 Å². The Morgan fingerprint density at radius 1 is 1.39 bits per heavy atom. The Morgan fingerprint density at radius 2 is 1.89 bits per heavy atom. The van der Waals surface area contributed by atoms with Crippen molar-refractivity contribution in [2.45, 2.75) is 18.6 Å². The number of hydrogen-bond acceptors (Lipinski definition) is 6. The lowest BCUT2D eigenvalue weighted by Crippen LogP contribution is -2.42. The number of hydrogen-bond donors (Lipinski definition) is 2. The minimum Gasteiger partial charge on any atom is -0.469 e. The first kappa shape index (κ1) is 15.3. The van der Waals surface area contributed by atoms with E-state index in [0.717, 1.165) is 8.61 Å². The van der Waals surface area contributed by atoms with E-state index in [4.69, 9.17) is 0 Å². The largest absolute Gasteiger partial charge is 0.469 e. The summed E-state index contributed by atoms with van der Waals surface area (Å²) in [7, 11) is -1.21. The summed E-state index contributed by atoms with van der Waals surface area (Å²) in [5.74, 6) is -0.501. The normalized spacial score (nSPS) is 25.6. The van der Waals surface area contributed by atoms with Crippen molar-refractivity contribution < 1.29 is 28.2 Å². The fourth-order valence-corrected chi connectivity index (χ4v) is 2.99. The highest BCUT2D eigenvalue weighted by molar-refractivity contribution is 7.86. The van der Waals surface area contributed by atoms with Crippen LogP contribution in [0.4, 0.5) is 0 Å². The maximum Gasteiger partial charge on any atom is 0.306 e. The molecule has 0 bridgehead atoms. The Labute approximate surface area is 106 Å². The molecular formula is C9H18N2O6S. The molecule has 9 heteroatoms. The average molecular weight is 282 g/mol. The van der Waals surface area contributed by atoms with Gasteiger partial charge in [0.15, 0.2) is 0 Å². The summed E-state index contributed by atoms with van der Waals surface area (Å²) in [6, 6.07) is 0. The Hall–Kier alpha value is -0.740. The van der Waals surface area contributed by atoms with Crippen molar-refractivity contribution in [1.29, 1.82) is 0 Å². The molecule has 0 aromatic carbocycles. The summed E-state index contributed by atoms with van der Waals surface area (Å²) in [6.45, 7) is -0.310. The number of rotatable bonds is 5. The average Bonchev–Trinajstić information content (AvgIpc) is 2.66. The molecule has 0 unspecified atom stereocenters. The third kappa shape index (κ3) is 3.39. The number of carbonyl (C=O) groups excluding carboxylic acids is 1. The van der Waals surface area contributed by atoms with Gasteiger partial charge in [-0.1, -0.05) is 0 Å².